The molecule has 0 radical (unpaired) electrons. The van der Waals surface area contributed by atoms with E-state index in [1.54, 1.807) is 20.3 Å². The molecule has 0 saturated carbocycles. The summed E-state index contributed by atoms with van der Waals surface area (Å²) >= 11 is 6.59. The summed E-state index contributed by atoms with van der Waals surface area (Å²) in [5, 5.41) is 16.1. The zero-order valence-corrected chi connectivity index (χ0v) is 19.6. The Kier molecular flexibility index (Phi) is 6.98. The van der Waals surface area contributed by atoms with E-state index in [2.05, 4.69) is 10.1 Å². The Hall–Kier alpha value is -3.65. The zero-order valence-electron chi connectivity index (χ0n) is 18.8. The molecule has 1 aromatic heterocycles. The molecule has 2 aromatic carbocycles. The molecule has 0 bridgehead atoms. The van der Waals surface area contributed by atoms with Gasteiger partial charge in [-0.1, -0.05) is 11.6 Å². The van der Waals surface area contributed by atoms with Crippen LogP contribution < -0.4 is 9.47 Å². The van der Waals surface area contributed by atoms with Gasteiger partial charge in [0.1, 0.15) is 16.7 Å². The number of aliphatic carboxylic acids is 1. The zero-order chi connectivity index (χ0) is 24.2. The lowest BCUT2D eigenvalue weighted by Crippen LogP contribution is -2.27. The number of hydrogen-bond donors (Lipinski definition) is 1. The van der Waals surface area contributed by atoms with Gasteiger partial charge in [0.2, 0.25) is 5.91 Å². The van der Waals surface area contributed by atoms with E-state index < -0.39 is 12.0 Å². The smallest absolute Gasteiger partial charge is 0.303 e. The minimum atomic E-state index is -0.939. The fourth-order valence-corrected chi connectivity index (χ4v) is 4.22. The second-order valence-corrected chi connectivity index (χ2v) is 8.27. The quantitative estimate of drug-likeness (QED) is 0.462. The molecule has 176 valence electrons. The van der Waals surface area contributed by atoms with Gasteiger partial charge in [-0.15, -0.1) is 0 Å². The maximum absolute atomic E-state index is 13.1. The number of fused-ring (bicyclic) bond motifs is 1. The average Bonchev–Trinajstić information content (AvgIpc) is 3.28. The standard InChI is InChI=1S/C25H24ClN3O5/c1-33-17-9-6-15(7-10-17)21-14-22(29(28-21)23(30)4-3-5-24(31)32)19-12-16-8-11-18(34-2)13-20(16)27-25(19)26/h6-13,22H,3-5,14H2,1-2H3,(H,31,32)/t22-/m0/s1. The monoisotopic (exact) mass is 481 g/mol. The molecule has 0 aliphatic carbocycles. The van der Waals surface area contributed by atoms with Gasteiger partial charge >= 0.3 is 5.97 Å². The van der Waals surface area contributed by atoms with Gasteiger partial charge in [-0.3, -0.25) is 9.59 Å². The topological polar surface area (TPSA) is 101 Å². The summed E-state index contributed by atoms with van der Waals surface area (Å²) in [5.41, 5.74) is 2.95. The number of carboxylic acids is 1. The van der Waals surface area contributed by atoms with Crippen molar-refractivity contribution < 1.29 is 24.2 Å². The number of aromatic nitrogens is 1. The molecular weight excluding hydrogens is 458 g/mol. The van der Waals surface area contributed by atoms with Gasteiger partial charge < -0.3 is 14.6 Å². The first-order valence-electron chi connectivity index (χ1n) is 10.8. The third-order valence-electron chi connectivity index (χ3n) is 5.73. The molecule has 0 spiro atoms. The minimum absolute atomic E-state index is 0.0675. The number of rotatable bonds is 8. The van der Waals surface area contributed by atoms with Crippen LogP contribution in [0.2, 0.25) is 5.15 Å². The molecule has 1 aliphatic heterocycles. The van der Waals surface area contributed by atoms with Gasteiger partial charge in [-0.25, -0.2) is 9.99 Å². The lowest BCUT2D eigenvalue weighted by molar-refractivity contribution is -0.137. The number of hydrogen-bond acceptors (Lipinski definition) is 6. The lowest BCUT2D eigenvalue weighted by Gasteiger charge is -2.23. The molecule has 4 rings (SSSR count). The van der Waals surface area contributed by atoms with E-state index in [0.29, 0.717) is 23.3 Å². The van der Waals surface area contributed by atoms with Crippen LogP contribution in [0.25, 0.3) is 10.9 Å². The Balaban J connectivity index is 1.69. The van der Waals surface area contributed by atoms with Crippen molar-refractivity contribution in [1.29, 1.82) is 0 Å². The molecule has 0 unspecified atom stereocenters. The highest BCUT2D eigenvalue weighted by atomic mass is 35.5. The van der Waals surface area contributed by atoms with Crippen LogP contribution in [-0.2, 0) is 9.59 Å². The predicted octanol–water partition coefficient (Wildman–Crippen LogP) is 4.84. The minimum Gasteiger partial charge on any atom is -0.497 e. The highest BCUT2D eigenvalue weighted by Gasteiger charge is 2.34. The van der Waals surface area contributed by atoms with Crippen molar-refractivity contribution in [3.8, 4) is 11.5 Å². The van der Waals surface area contributed by atoms with E-state index in [0.717, 1.165) is 22.4 Å². The number of nitrogens with zero attached hydrogens (tertiary/aromatic N) is 3. The van der Waals surface area contributed by atoms with Gasteiger partial charge in [0.15, 0.2) is 0 Å². The number of carboxylic acid groups (broad SMARTS) is 1. The van der Waals surface area contributed by atoms with E-state index >= 15 is 0 Å². The van der Waals surface area contributed by atoms with Crippen molar-refractivity contribution in [2.45, 2.75) is 31.7 Å². The molecular formula is C25H24ClN3O5. The van der Waals surface area contributed by atoms with Crippen LogP contribution in [0.1, 0.15) is 42.9 Å². The van der Waals surface area contributed by atoms with Gasteiger partial charge in [0.25, 0.3) is 0 Å². The number of carbonyl (C=O) groups excluding carboxylic acids is 1. The number of pyridine rings is 1. The van der Waals surface area contributed by atoms with Crippen LogP contribution in [0.15, 0.2) is 53.6 Å². The molecule has 0 saturated heterocycles. The van der Waals surface area contributed by atoms with E-state index in [-0.39, 0.29) is 30.3 Å². The summed E-state index contributed by atoms with van der Waals surface area (Å²) in [6.45, 7) is 0. The number of ether oxygens (including phenoxy) is 2. The van der Waals surface area contributed by atoms with E-state index in [1.807, 2.05) is 42.5 Å². The van der Waals surface area contributed by atoms with Crippen molar-refractivity contribution >= 4 is 40.1 Å². The summed E-state index contributed by atoms with van der Waals surface area (Å²) in [7, 11) is 3.18. The van der Waals surface area contributed by atoms with E-state index in [4.69, 9.17) is 26.2 Å². The Morgan fingerprint density at radius 3 is 2.44 bits per heavy atom. The first-order valence-corrected chi connectivity index (χ1v) is 11.2. The van der Waals surface area contributed by atoms with Crippen LogP contribution >= 0.6 is 11.6 Å². The van der Waals surface area contributed by atoms with Gasteiger partial charge in [-0.2, -0.15) is 5.10 Å². The van der Waals surface area contributed by atoms with Crippen LogP contribution in [0, 0.1) is 0 Å². The normalized spacial score (nSPS) is 15.3. The largest absolute Gasteiger partial charge is 0.497 e. The van der Waals surface area contributed by atoms with Crippen molar-refractivity contribution in [2.75, 3.05) is 14.2 Å². The highest BCUT2D eigenvalue weighted by Crippen LogP contribution is 2.38. The maximum Gasteiger partial charge on any atom is 0.303 e. The fourth-order valence-electron chi connectivity index (χ4n) is 3.95. The summed E-state index contributed by atoms with van der Waals surface area (Å²) in [5.74, 6) is 0.189. The van der Waals surface area contributed by atoms with Crippen molar-refractivity contribution in [1.82, 2.24) is 9.99 Å². The van der Waals surface area contributed by atoms with Crippen LogP contribution in [-0.4, -0.2) is 46.9 Å². The summed E-state index contributed by atoms with van der Waals surface area (Å²) in [4.78, 5) is 28.5. The summed E-state index contributed by atoms with van der Waals surface area (Å²) < 4.78 is 10.5. The first kappa shape index (κ1) is 23.5. The maximum atomic E-state index is 13.1. The molecule has 1 N–H and O–H groups in total. The molecule has 8 nitrogen and oxygen atoms in total. The molecule has 1 atom stereocenters. The van der Waals surface area contributed by atoms with Gasteiger partial charge in [0.05, 0.1) is 31.5 Å². The molecule has 34 heavy (non-hydrogen) atoms. The number of carbonyl (C=O) groups is 2. The van der Waals surface area contributed by atoms with Crippen LogP contribution in [0.4, 0.5) is 0 Å². The molecule has 9 heteroatoms. The van der Waals surface area contributed by atoms with Crippen LogP contribution in [0.3, 0.4) is 0 Å². The van der Waals surface area contributed by atoms with Crippen molar-refractivity contribution in [3.05, 3.63) is 64.8 Å². The molecule has 2 heterocycles. The molecule has 1 amide bonds. The number of halogens is 1. The predicted molar refractivity (Wildman–Crippen MR) is 129 cm³/mol. The number of hydrazone groups is 1. The SMILES string of the molecule is COc1ccc(C2=NN(C(=O)CCCC(=O)O)[C@H](c3cc4ccc(OC)cc4nc3Cl)C2)cc1. The highest BCUT2D eigenvalue weighted by molar-refractivity contribution is 6.30. The molecule has 1 aliphatic rings. The fraction of sp³-hybridized carbons (Fsp3) is 0.280. The van der Waals surface area contributed by atoms with Crippen molar-refractivity contribution in [3.63, 3.8) is 0 Å². The molecule has 3 aromatic rings. The summed E-state index contributed by atoms with van der Waals surface area (Å²) in [6.07, 6.45) is 0.659. The Morgan fingerprint density at radius 1 is 1.06 bits per heavy atom. The Bertz CT molecular complexity index is 1260. The average molecular weight is 482 g/mol. The lowest BCUT2D eigenvalue weighted by atomic mass is 9.98. The Morgan fingerprint density at radius 2 is 1.76 bits per heavy atom. The number of benzene rings is 2. The first-order chi connectivity index (χ1) is 16.4. The third-order valence-corrected chi connectivity index (χ3v) is 6.04. The molecule has 0 fully saturated rings. The third kappa shape index (κ3) is 4.97. The summed E-state index contributed by atoms with van der Waals surface area (Å²) in [6, 6.07) is 14.4. The van der Waals surface area contributed by atoms with Gasteiger partial charge in [-0.05, 0) is 54.4 Å². The van der Waals surface area contributed by atoms with E-state index in [1.165, 1.54) is 5.01 Å². The van der Waals surface area contributed by atoms with Crippen LogP contribution in [0.5, 0.6) is 11.5 Å². The van der Waals surface area contributed by atoms with Gasteiger partial charge in [0, 0.05) is 36.3 Å². The number of methoxy groups -OCH3 is 2. The Labute approximate surface area is 201 Å². The second kappa shape index (κ2) is 10.1. The van der Waals surface area contributed by atoms with Crippen molar-refractivity contribution in [2.24, 2.45) is 5.10 Å². The second-order valence-electron chi connectivity index (χ2n) is 7.91. The van der Waals surface area contributed by atoms with E-state index in [9.17, 15) is 9.59 Å². The number of amides is 1.